The van der Waals surface area contributed by atoms with E-state index in [0.29, 0.717) is 35.0 Å². The fraction of sp³-hybridized carbons (Fsp3) is 0.200. The zero-order chi connectivity index (χ0) is 17.2. The lowest BCUT2D eigenvalue weighted by Gasteiger charge is -2.24. The number of pyridine rings is 1. The standard InChI is InChI=1S/C15H16N4O3S/c1-3-19(11-4-6-12(7-5-11)23(20,21)22)15-13(9-16)10(2)8-14(17)18-15/h4-8H,3H2,1-2H3,(H2,17,18)(H,20,21,22). The Kier molecular flexibility index (Phi) is 4.54. The summed E-state index contributed by atoms with van der Waals surface area (Å²) in [5.41, 5.74) is 7.52. The van der Waals surface area contributed by atoms with E-state index in [9.17, 15) is 13.7 Å². The zero-order valence-corrected chi connectivity index (χ0v) is 13.5. The molecule has 0 amide bonds. The van der Waals surface area contributed by atoms with Crippen LogP contribution in [0.5, 0.6) is 0 Å². The van der Waals surface area contributed by atoms with Gasteiger partial charge in [0.25, 0.3) is 10.1 Å². The van der Waals surface area contributed by atoms with E-state index in [4.69, 9.17) is 10.3 Å². The summed E-state index contributed by atoms with van der Waals surface area (Å²) in [5.74, 6) is 0.705. The minimum Gasteiger partial charge on any atom is -0.384 e. The molecule has 120 valence electrons. The van der Waals surface area contributed by atoms with E-state index in [-0.39, 0.29) is 4.90 Å². The van der Waals surface area contributed by atoms with Crippen LogP contribution < -0.4 is 10.6 Å². The lowest BCUT2D eigenvalue weighted by Crippen LogP contribution is -2.20. The van der Waals surface area contributed by atoms with Crippen molar-refractivity contribution >= 4 is 27.4 Å². The molecule has 1 heterocycles. The molecule has 3 N–H and O–H groups in total. The number of rotatable bonds is 4. The average Bonchev–Trinajstić information content (AvgIpc) is 2.47. The van der Waals surface area contributed by atoms with Gasteiger partial charge in [0, 0.05) is 12.2 Å². The van der Waals surface area contributed by atoms with E-state index in [2.05, 4.69) is 11.1 Å². The van der Waals surface area contributed by atoms with Gasteiger partial charge in [-0.3, -0.25) is 4.55 Å². The molecule has 0 atom stereocenters. The van der Waals surface area contributed by atoms with Crippen molar-refractivity contribution < 1.29 is 13.0 Å². The number of aromatic nitrogens is 1. The zero-order valence-electron chi connectivity index (χ0n) is 12.7. The molecule has 0 unspecified atom stereocenters. The van der Waals surface area contributed by atoms with Crippen molar-refractivity contribution in [3.05, 3.63) is 41.5 Å². The minimum absolute atomic E-state index is 0.200. The van der Waals surface area contributed by atoms with E-state index in [1.165, 1.54) is 24.3 Å². The largest absolute Gasteiger partial charge is 0.384 e. The molecule has 0 aliphatic carbocycles. The van der Waals surface area contributed by atoms with Crippen LogP contribution >= 0.6 is 0 Å². The number of nitrogens with two attached hydrogens (primary N) is 1. The molecule has 0 bridgehead atoms. The van der Waals surface area contributed by atoms with Crippen LogP contribution in [0.1, 0.15) is 18.1 Å². The van der Waals surface area contributed by atoms with Crippen molar-refractivity contribution in [2.75, 3.05) is 17.2 Å². The molecule has 8 heteroatoms. The summed E-state index contributed by atoms with van der Waals surface area (Å²) in [4.78, 5) is 5.78. The smallest absolute Gasteiger partial charge is 0.294 e. The first-order chi connectivity index (χ1) is 10.8. The van der Waals surface area contributed by atoms with Gasteiger partial charge in [0.1, 0.15) is 11.9 Å². The second kappa shape index (κ2) is 6.24. The maximum atomic E-state index is 11.1. The number of hydrogen-bond donors (Lipinski definition) is 2. The molecule has 2 rings (SSSR count). The third-order valence-electron chi connectivity index (χ3n) is 3.35. The number of nitriles is 1. The maximum absolute atomic E-state index is 11.1. The van der Waals surface area contributed by atoms with Crippen LogP contribution in [-0.4, -0.2) is 24.5 Å². The molecule has 1 aromatic carbocycles. The Morgan fingerprint density at radius 1 is 1.35 bits per heavy atom. The molecule has 0 saturated carbocycles. The molecule has 1 aromatic heterocycles. The first-order valence-electron chi connectivity index (χ1n) is 6.80. The molecule has 0 saturated heterocycles. The Morgan fingerprint density at radius 2 is 1.96 bits per heavy atom. The molecular formula is C15H16N4O3S. The molecule has 7 nitrogen and oxygen atoms in total. The number of anilines is 3. The van der Waals surface area contributed by atoms with Crippen molar-refractivity contribution in [2.45, 2.75) is 18.7 Å². The fourth-order valence-corrected chi connectivity index (χ4v) is 2.75. The van der Waals surface area contributed by atoms with Gasteiger partial charge in [-0.15, -0.1) is 0 Å². The molecule has 23 heavy (non-hydrogen) atoms. The van der Waals surface area contributed by atoms with Crippen LogP contribution in [0, 0.1) is 18.3 Å². The Hall–Kier alpha value is -2.63. The Morgan fingerprint density at radius 3 is 2.43 bits per heavy atom. The van der Waals surface area contributed by atoms with Crippen LogP contribution in [0.15, 0.2) is 35.2 Å². The highest BCUT2D eigenvalue weighted by atomic mass is 32.2. The Balaban J connectivity index is 2.55. The lowest BCUT2D eigenvalue weighted by atomic mass is 10.1. The van der Waals surface area contributed by atoms with Gasteiger partial charge in [-0.25, -0.2) is 4.98 Å². The van der Waals surface area contributed by atoms with Gasteiger partial charge in [0.15, 0.2) is 5.82 Å². The summed E-state index contributed by atoms with van der Waals surface area (Å²) >= 11 is 0. The highest BCUT2D eigenvalue weighted by molar-refractivity contribution is 7.85. The van der Waals surface area contributed by atoms with Crippen molar-refractivity contribution in [2.24, 2.45) is 0 Å². The van der Waals surface area contributed by atoms with Gasteiger partial charge in [0.2, 0.25) is 0 Å². The van der Waals surface area contributed by atoms with E-state index >= 15 is 0 Å². The quantitative estimate of drug-likeness (QED) is 0.824. The highest BCUT2D eigenvalue weighted by Gasteiger charge is 2.17. The van der Waals surface area contributed by atoms with Crippen molar-refractivity contribution in [1.29, 1.82) is 5.26 Å². The van der Waals surface area contributed by atoms with E-state index in [1.807, 2.05) is 6.92 Å². The van der Waals surface area contributed by atoms with Crippen molar-refractivity contribution in [1.82, 2.24) is 4.98 Å². The molecule has 0 spiro atoms. The molecule has 0 radical (unpaired) electrons. The summed E-state index contributed by atoms with van der Waals surface area (Å²) < 4.78 is 31.3. The number of nitrogen functional groups attached to an aromatic ring is 1. The Bertz CT molecular complexity index is 871. The minimum atomic E-state index is -4.25. The summed E-state index contributed by atoms with van der Waals surface area (Å²) in [6.45, 7) is 4.14. The van der Waals surface area contributed by atoms with E-state index in [0.717, 1.165) is 0 Å². The number of hydrogen-bond acceptors (Lipinski definition) is 6. The number of aryl methyl sites for hydroxylation is 1. The first kappa shape index (κ1) is 16.7. The van der Waals surface area contributed by atoms with Crippen LogP contribution in [0.3, 0.4) is 0 Å². The second-order valence-electron chi connectivity index (χ2n) is 4.89. The van der Waals surface area contributed by atoms with Gasteiger partial charge < -0.3 is 10.6 Å². The van der Waals surface area contributed by atoms with Crippen LogP contribution in [-0.2, 0) is 10.1 Å². The van der Waals surface area contributed by atoms with Gasteiger partial charge in [-0.2, -0.15) is 13.7 Å². The van der Waals surface area contributed by atoms with Crippen molar-refractivity contribution in [3.8, 4) is 6.07 Å². The summed E-state index contributed by atoms with van der Waals surface area (Å²) in [6.07, 6.45) is 0. The fourth-order valence-electron chi connectivity index (χ4n) is 2.27. The normalized spacial score (nSPS) is 11.0. The van der Waals surface area contributed by atoms with Gasteiger partial charge >= 0.3 is 0 Å². The third-order valence-corrected chi connectivity index (χ3v) is 4.22. The molecule has 0 aliphatic rings. The van der Waals surface area contributed by atoms with E-state index < -0.39 is 10.1 Å². The maximum Gasteiger partial charge on any atom is 0.294 e. The molecule has 0 aliphatic heterocycles. The average molecular weight is 332 g/mol. The predicted molar refractivity (Wildman–Crippen MR) is 87.0 cm³/mol. The summed E-state index contributed by atoms with van der Waals surface area (Å²) in [5, 5.41) is 9.36. The first-order valence-corrected chi connectivity index (χ1v) is 8.24. The highest BCUT2D eigenvalue weighted by Crippen LogP contribution is 2.30. The summed E-state index contributed by atoms with van der Waals surface area (Å²) in [6, 6.07) is 9.39. The van der Waals surface area contributed by atoms with Crippen LogP contribution in [0.2, 0.25) is 0 Å². The van der Waals surface area contributed by atoms with Crippen LogP contribution in [0.25, 0.3) is 0 Å². The van der Waals surface area contributed by atoms with E-state index in [1.54, 1.807) is 17.9 Å². The third kappa shape index (κ3) is 3.41. The number of benzene rings is 1. The van der Waals surface area contributed by atoms with Crippen molar-refractivity contribution in [3.63, 3.8) is 0 Å². The number of nitrogens with zero attached hydrogens (tertiary/aromatic N) is 3. The SMILES string of the molecule is CCN(c1ccc(S(=O)(=O)O)cc1)c1nc(N)cc(C)c1C#N. The predicted octanol–water partition coefficient (Wildman–Crippen LogP) is 2.25. The molecule has 0 fully saturated rings. The van der Waals surface area contributed by atoms with Gasteiger partial charge in [-0.1, -0.05) is 0 Å². The second-order valence-corrected chi connectivity index (χ2v) is 6.31. The van der Waals surface area contributed by atoms with Gasteiger partial charge in [0.05, 0.1) is 10.5 Å². The lowest BCUT2D eigenvalue weighted by molar-refractivity contribution is 0.483. The topological polar surface area (TPSA) is 120 Å². The monoisotopic (exact) mass is 332 g/mol. The summed E-state index contributed by atoms with van der Waals surface area (Å²) in [7, 11) is -4.25. The molecule has 2 aromatic rings. The van der Waals surface area contributed by atoms with Gasteiger partial charge in [-0.05, 0) is 49.7 Å². The van der Waals surface area contributed by atoms with Crippen LogP contribution in [0.4, 0.5) is 17.3 Å². The molecular weight excluding hydrogens is 316 g/mol. The Labute approximate surface area is 134 Å².